The first-order valence-electron chi connectivity index (χ1n) is 5.14. The van der Waals surface area contributed by atoms with Gasteiger partial charge in [0.05, 0.1) is 0 Å². The van der Waals surface area contributed by atoms with Crippen LogP contribution < -0.4 is 0 Å². The molecule has 4 nitrogen and oxygen atoms in total. The SMILES string of the molecule is CC(C)(C)OC(=O)CC(=O)c1ccc(Cl)nc1. The monoisotopic (exact) mass is 255 g/mol. The lowest BCUT2D eigenvalue weighted by Crippen LogP contribution is -2.25. The minimum absolute atomic E-state index is 0.291. The van der Waals surface area contributed by atoms with Crippen molar-refractivity contribution in [2.45, 2.75) is 32.8 Å². The van der Waals surface area contributed by atoms with Crippen LogP contribution >= 0.6 is 11.6 Å². The molecular formula is C12H14ClNO3. The van der Waals surface area contributed by atoms with Gasteiger partial charge in [0, 0.05) is 11.8 Å². The molecule has 0 saturated heterocycles. The zero-order valence-corrected chi connectivity index (χ0v) is 10.7. The van der Waals surface area contributed by atoms with E-state index in [4.69, 9.17) is 16.3 Å². The Morgan fingerprint density at radius 1 is 1.35 bits per heavy atom. The van der Waals surface area contributed by atoms with Crippen LogP contribution in [0.15, 0.2) is 18.3 Å². The van der Waals surface area contributed by atoms with Crippen molar-refractivity contribution in [3.63, 3.8) is 0 Å². The summed E-state index contributed by atoms with van der Waals surface area (Å²) in [7, 11) is 0. The third kappa shape index (κ3) is 4.95. The molecule has 1 rings (SSSR count). The van der Waals surface area contributed by atoms with Gasteiger partial charge in [0.1, 0.15) is 17.2 Å². The summed E-state index contributed by atoms with van der Waals surface area (Å²) in [5, 5.41) is 0.304. The van der Waals surface area contributed by atoms with Crippen LogP contribution in [0, 0.1) is 0 Å². The van der Waals surface area contributed by atoms with E-state index in [1.54, 1.807) is 20.8 Å². The quantitative estimate of drug-likeness (QED) is 0.361. The summed E-state index contributed by atoms with van der Waals surface area (Å²) in [6.07, 6.45) is 1.05. The predicted octanol–water partition coefficient (Wildman–Crippen LogP) is 2.65. The molecule has 1 aromatic rings. The fourth-order valence-corrected chi connectivity index (χ4v) is 1.26. The largest absolute Gasteiger partial charge is 0.460 e. The second kappa shape index (κ2) is 5.27. The lowest BCUT2D eigenvalue weighted by Gasteiger charge is -2.19. The highest BCUT2D eigenvalue weighted by Crippen LogP contribution is 2.11. The average Bonchev–Trinajstić information content (AvgIpc) is 2.15. The number of Topliss-reactive ketones (excluding diaryl/α,β-unsaturated/α-hetero) is 1. The highest BCUT2D eigenvalue weighted by Gasteiger charge is 2.19. The number of ketones is 1. The number of esters is 1. The molecular weight excluding hydrogens is 242 g/mol. The van der Waals surface area contributed by atoms with Crippen LogP contribution in [0.25, 0.3) is 0 Å². The van der Waals surface area contributed by atoms with Crippen LogP contribution in [-0.2, 0) is 9.53 Å². The van der Waals surface area contributed by atoms with Crippen LogP contribution in [0.4, 0.5) is 0 Å². The molecule has 92 valence electrons. The summed E-state index contributed by atoms with van der Waals surface area (Å²) in [5.74, 6) is -0.874. The molecule has 0 aliphatic heterocycles. The van der Waals surface area contributed by atoms with E-state index in [0.29, 0.717) is 10.7 Å². The van der Waals surface area contributed by atoms with Crippen LogP contribution in [0.3, 0.4) is 0 Å². The fourth-order valence-electron chi connectivity index (χ4n) is 1.15. The first kappa shape index (κ1) is 13.6. The minimum atomic E-state index is -0.588. The van der Waals surface area contributed by atoms with Crippen LogP contribution in [-0.4, -0.2) is 22.3 Å². The molecule has 0 amide bonds. The molecule has 17 heavy (non-hydrogen) atoms. The van der Waals surface area contributed by atoms with Gasteiger partial charge in [0.2, 0.25) is 0 Å². The number of rotatable bonds is 3. The number of nitrogens with zero attached hydrogens (tertiary/aromatic N) is 1. The Morgan fingerprint density at radius 2 is 2.00 bits per heavy atom. The van der Waals surface area contributed by atoms with Crippen molar-refractivity contribution in [2.24, 2.45) is 0 Å². The molecule has 0 aromatic carbocycles. The minimum Gasteiger partial charge on any atom is -0.460 e. The number of hydrogen-bond acceptors (Lipinski definition) is 4. The van der Waals surface area contributed by atoms with Crippen molar-refractivity contribution in [2.75, 3.05) is 0 Å². The Bertz CT molecular complexity index is 420. The summed E-state index contributed by atoms with van der Waals surface area (Å²) in [6.45, 7) is 5.25. The van der Waals surface area contributed by atoms with E-state index in [0.717, 1.165) is 0 Å². The van der Waals surface area contributed by atoms with E-state index in [9.17, 15) is 9.59 Å². The molecule has 0 N–H and O–H groups in total. The van der Waals surface area contributed by atoms with Crippen molar-refractivity contribution in [1.29, 1.82) is 0 Å². The summed E-state index contributed by atoms with van der Waals surface area (Å²) in [6, 6.07) is 3.03. The number of hydrogen-bond donors (Lipinski definition) is 0. The highest BCUT2D eigenvalue weighted by molar-refractivity contribution is 6.29. The molecule has 5 heteroatoms. The smallest absolute Gasteiger partial charge is 0.314 e. The van der Waals surface area contributed by atoms with Gasteiger partial charge in [-0.3, -0.25) is 9.59 Å². The second-order valence-electron chi connectivity index (χ2n) is 4.56. The third-order valence-corrected chi connectivity index (χ3v) is 2.00. The maximum Gasteiger partial charge on any atom is 0.314 e. The van der Waals surface area contributed by atoms with E-state index in [-0.39, 0.29) is 12.2 Å². The lowest BCUT2D eigenvalue weighted by atomic mass is 10.1. The van der Waals surface area contributed by atoms with Gasteiger partial charge in [0.15, 0.2) is 5.78 Å². The zero-order chi connectivity index (χ0) is 13.1. The van der Waals surface area contributed by atoms with Gasteiger partial charge in [0.25, 0.3) is 0 Å². The van der Waals surface area contributed by atoms with Crippen molar-refractivity contribution in [1.82, 2.24) is 4.98 Å². The first-order valence-corrected chi connectivity index (χ1v) is 5.52. The Kier molecular flexibility index (Phi) is 4.23. The fraction of sp³-hybridized carbons (Fsp3) is 0.417. The third-order valence-electron chi connectivity index (χ3n) is 1.77. The molecule has 0 spiro atoms. The Morgan fingerprint density at radius 3 is 2.47 bits per heavy atom. The molecule has 0 atom stereocenters. The molecule has 1 aromatic heterocycles. The molecule has 0 fully saturated rings. The Balaban J connectivity index is 2.61. The summed E-state index contributed by atoms with van der Waals surface area (Å²) in [5.41, 5.74) is -0.240. The molecule has 1 heterocycles. The number of halogens is 1. The van der Waals surface area contributed by atoms with Crippen LogP contribution in [0.1, 0.15) is 37.6 Å². The summed E-state index contributed by atoms with van der Waals surface area (Å²) >= 11 is 5.60. The van der Waals surface area contributed by atoms with Gasteiger partial charge >= 0.3 is 5.97 Å². The van der Waals surface area contributed by atoms with E-state index < -0.39 is 11.6 Å². The number of carbonyl (C=O) groups is 2. The van der Waals surface area contributed by atoms with E-state index in [1.807, 2.05) is 0 Å². The van der Waals surface area contributed by atoms with Gasteiger partial charge in [-0.2, -0.15) is 0 Å². The van der Waals surface area contributed by atoms with Crippen molar-refractivity contribution >= 4 is 23.4 Å². The normalized spacial score (nSPS) is 11.1. The predicted molar refractivity (Wildman–Crippen MR) is 64.0 cm³/mol. The van der Waals surface area contributed by atoms with E-state index in [1.165, 1.54) is 18.3 Å². The lowest BCUT2D eigenvalue weighted by molar-refractivity contribution is -0.153. The molecule has 0 aliphatic carbocycles. The van der Waals surface area contributed by atoms with E-state index >= 15 is 0 Å². The van der Waals surface area contributed by atoms with Gasteiger partial charge in [-0.25, -0.2) is 4.98 Å². The van der Waals surface area contributed by atoms with Crippen LogP contribution in [0.2, 0.25) is 5.15 Å². The van der Waals surface area contributed by atoms with Gasteiger partial charge < -0.3 is 4.74 Å². The van der Waals surface area contributed by atoms with Crippen molar-refractivity contribution in [3.8, 4) is 0 Å². The van der Waals surface area contributed by atoms with Gasteiger partial charge in [-0.1, -0.05) is 11.6 Å². The van der Waals surface area contributed by atoms with Gasteiger partial charge in [-0.15, -0.1) is 0 Å². The summed E-state index contributed by atoms with van der Waals surface area (Å²) < 4.78 is 5.05. The molecule has 0 aliphatic rings. The Hall–Kier alpha value is -1.42. The Labute approximate surface area is 105 Å². The number of aromatic nitrogens is 1. The first-order chi connectivity index (χ1) is 7.78. The van der Waals surface area contributed by atoms with E-state index in [2.05, 4.69) is 4.98 Å². The number of pyridine rings is 1. The number of ether oxygens (including phenoxy) is 1. The topological polar surface area (TPSA) is 56.3 Å². The second-order valence-corrected chi connectivity index (χ2v) is 4.94. The standard InChI is InChI=1S/C12H14ClNO3/c1-12(2,3)17-11(16)6-9(15)8-4-5-10(13)14-7-8/h4-5,7H,6H2,1-3H3. The summed E-state index contributed by atoms with van der Waals surface area (Å²) in [4.78, 5) is 26.9. The van der Waals surface area contributed by atoms with Crippen molar-refractivity contribution < 1.29 is 14.3 Å². The van der Waals surface area contributed by atoms with Crippen LogP contribution in [0.5, 0.6) is 0 Å². The maximum atomic E-state index is 11.7. The maximum absolute atomic E-state index is 11.7. The van der Waals surface area contributed by atoms with Gasteiger partial charge in [-0.05, 0) is 32.9 Å². The highest BCUT2D eigenvalue weighted by atomic mass is 35.5. The molecule has 0 radical (unpaired) electrons. The molecule has 0 saturated carbocycles. The molecule has 0 bridgehead atoms. The average molecular weight is 256 g/mol. The van der Waals surface area contributed by atoms with Crippen molar-refractivity contribution in [3.05, 3.63) is 29.0 Å². The molecule has 0 unspecified atom stereocenters. The zero-order valence-electron chi connectivity index (χ0n) is 9.99. The number of carbonyl (C=O) groups excluding carboxylic acids is 2.